The Balaban J connectivity index is 4.04. The summed E-state index contributed by atoms with van der Waals surface area (Å²) in [5.41, 5.74) is 0. The van der Waals surface area contributed by atoms with Gasteiger partial charge < -0.3 is 15.3 Å². The third-order valence-electron chi connectivity index (χ3n) is 2.94. The lowest BCUT2D eigenvalue weighted by molar-refractivity contribution is 0.184. The molecule has 1 atom stereocenters. The Bertz CT molecular complexity index is 173. The second-order valence-corrected chi connectivity index (χ2v) is 6.17. The van der Waals surface area contributed by atoms with Gasteiger partial charge in [0.05, 0.1) is 6.61 Å². The number of nitrogens with zero attached hydrogens (tertiary/aromatic N) is 1. The number of hydrogen-bond donors (Lipinski definition) is 2. The second-order valence-electron chi connectivity index (χ2n) is 6.17. The van der Waals surface area contributed by atoms with E-state index in [-0.39, 0.29) is 12.6 Å². The van der Waals surface area contributed by atoms with Crippen molar-refractivity contribution in [3.05, 3.63) is 0 Å². The van der Waals surface area contributed by atoms with Crippen molar-refractivity contribution in [1.82, 2.24) is 10.2 Å². The lowest BCUT2D eigenvalue weighted by Gasteiger charge is -2.28. The number of rotatable bonds is 11. The minimum absolute atomic E-state index is 0.247. The number of aliphatic hydroxyl groups excluding tert-OH is 1. The van der Waals surface area contributed by atoms with Gasteiger partial charge in [-0.2, -0.15) is 0 Å². The first-order valence-corrected chi connectivity index (χ1v) is 7.56. The van der Waals surface area contributed by atoms with Crippen molar-refractivity contribution in [3.63, 3.8) is 0 Å². The van der Waals surface area contributed by atoms with Crippen LogP contribution in [0.25, 0.3) is 0 Å². The minimum Gasteiger partial charge on any atom is -0.395 e. The topological polar surface area (TPSA) is 35.5 Å². The molecule has 1 unspecified atom stereocenters. The summed E-state index contributed by atoms with van der Waals surface area (Å²) in [6.07, 6.45) is 2.16. The first kappa shape index (κ1) is 17.9. The summed E-state index contributed by atoms with van der Waals surface area (Å²) in [5.74, 6) is 1.42. The van der Waals surface area contributed by atoms with Crippen molar-refractivity contribution < 1.29 is 5.11 Å². The van der Waals surface area contributed by atoms with E-state index >= 15 is 0 Å². The SMILES string of the molecule is CCCNC(CO)CCN(CC(C)C)CC(C)C. The van der Waals surface area contributed by atoms with Gasteiger partial charge in [0, 0.05) is 19.1 Å². The number of aliphatic hydroxyl groups is 1. The van der Waals surface area contributed by atoms with Crippen LogP contribution >= 0.6 is 0 Å². The van der Waals surface area contributed by atoms with Crippen LogP contribution < -0.4 is 5.32 Å². The standard InChI is InChI=1S/C15H34N2O/c1-6-8-16-15(12-18)7-9-17(10-13(2)3)11-14(4)5/h13-16,18H,6-12H2,1-5H3. The molecule has 0 saturated carbocycles. The zero-order valence-corrected chi connectivity index (χ0v) is 13.1. The Morgan fingerprint density at radius 3 is 2.00 bits per heavy atom. The first-order valence-electron chi connectivity index (χ1n) is 7.56. The average Bonchev–Trinajstić information content (AvgIpc) is 2.27. The van der Waals surface area contributed by atoms with Crippen LogP contribution in [0.15, 0.2) is 0 Å². The van der Waals surface area contributed by atoms with Crippen LogP contribution in [-0.4, -0.2) is 48.8 Å². The molecule has 0 amide bonds. The van der Waals surface area contributed by atoms with E-state index in [2.05, 4.69) is 44.8 Å². The zero-order chi connectivity index (χ0) is 14.0. The highest BCUT2D eigenvalue weighted by Crippen LogP contribution is 2.06. The molecule has 3 heteroatoms. The number of nitrogens with one attached hydrogen (secondary N) is 1. The highest BCUT2D eigenvalue weighted by molar-refractivity contribution is 4.70. The molecule has 0 radical (unpaired) electrons. The Hall–Kier alpha value is -0.120. The molecule has 0 fully saturated rings. The molecular formula is C15H34N2O. The van der Waals surface area contributed by atoms with Crippen LogP contribution in [0, 0.1) is 11.8 Å². The third-order valence-corrected chi connectivity index (χ3v) is 2.94. The largest absolute Gasteiger partial charge is 0.395 e. The first-order chi connectivity index (χ1) is 8.49. The fraction of sp³-hybridized carbons (Fsp3) is 1.00. The van der Waals surface area contributed by atoms with Crippen LogP contribution in [0.5, 0.6) is 0 Å². The Morgan fingerprint density at radius 1 is 1.06 bits per heavy atom. The van der Waals surface area contributed by atoms with Crippen molar-refractivity contribution >= 4 is 0 Å². The van der Waals surface area contributed by atoms with Gasteiger partial charge >= 0.3 is 0 Å². The maximum absolute atomic E-state index is 9.35. The number of hydrogen-bond acceptors (Lipinski definition) is 3. The van der Waals surface area contributed by atoms with Crippen molar-refractivity contribution in [2.75, 3.05) is 32.8 Å². The highest BCUT2D eigenvalue weighted by atomic mass is 16.3. The van der Waals surface area contributed by atoms with Crippen LogP contribution in [0.2, 0.25) is 0 Å². The van der Waals surface area contributed by atoms with Gasteiger partial charge in [-0.15, -0.1) is 0 Å². The van der Waals surface area contributed by atoms with E-state index in [9.17, 15) is 5.11 Å². The molecule has 0 aliphatic rings. The minimum atomic E-state index is 0.247. The average molecular weight is 258 g/mol. The quantitative estimate of drug-likeness (QED) is 0.597. The van der Waals surface area contributed by atoms with Gasteiger partial charge in [0.2, 0.25) is 0 Å². The summed E-state index contributed by atoms with van der Waals surface area (Å²) in [7, 11) is 0. The molecular weight excluding hydrogens is 224 g/mol. The molecule has 0 aliphatic heterocycles. The van der Waals surface area contributed by atoms with Crippen LogP contribution in [-0.2, 0) is 0 Å². The summed E-state index contributed by atoms with van der Waals surface area (Å²) in [5, 5.41) is 12.8. The molecule has 2 N–H and O–H groups in total. The van der Waals surface area contributed by atoms with Gasteiger partial charge in [0.15, 0.2) is 0 Å². The molecule has 18 heavy (non-hydrogen) atoms. The Kier molecular flexibility index (Phi) is 10.7. The molecule has 3 nitrogen and oxygen atoms in total. The van der Waals surface area contributed by atoms with Crippen LogP contribution in [0.1, 0.15) is 47.5 Å². The third kappa shape index (κ3) is 9.86. The van der Waals surface area contributed by atoms with Crippen molar-refractivity contribution in [2.45, 2.75) is 53.5 Å². The van der Waals surface area contributed by atoms with Crippen LogP contribution in [0.3, 0.4) is 0 Å². The predicted molar refractivity (Wildman–Crippen MR) is 79.9 cm³/mol. The van der Waals surface area contributed by atoms with Crippen molar-refractivity contribution in [3.8, 4) is 0 Å². The van der Waals surface area contributed by atoms with Crippen molar-refractivity contribution in [1.29, 1.82) is 0 Å². The lowest BCUT2D eigenvalue weighted by atomic mass is 10.1. The van der Waals surface area contributed by atoms with Gasteiger partial charge in [-0.3, -0.25) is 0 Å². The van der Waals surface area contributed by atoms with E-state index in [4.69, 9.17) is 0 Å². The predicted octanol–water partition coefficient (Wildman–Crippen LogP) is 2.35. The maximum atomic E-state index is 9.35. The molecule has 0 aliphatic carbocycles. The van der Waals surface area contributed by atoms with E-state index in [0.717, 1.165) is 39.0 Å². The Morgan fingerprint density at radius 2 is 1.61 bits per heavy atom. The van der Waals surface area contributed by atoms with E-state index in [0.29, 0.717) is 11.8 Å². The summed E-state index contributed by atoms with van der Waals surface area (Å²) in [6, 6.07) is 0.256. The molecule has 0 heterocycles. The monoisotopic (exact) mass is 258 g/mol. The molecule has 0 saturated heterocycles. The van der Waals surface area contributed by atoms with E-state index < -0.39 is 0 Å². The summed E-state index contributed by atoms with van der Waals surface area (Å²) < 4.78 is 0. The van der Waals surface area contributed by atoms with E-state index in [1.165, 1.54) is 0 Å². The van der Waals surface area contributed by atoms with Crippen molar-refractivity contribution in [2.24, 2.45) is 11.8 Å². The van der Waals surface area contributed by atoms with E-state index in [1.807, 2.05) is 0 Å². The molecule has 0 aromatic heterocycles. The smallest absolute Gasteiger partial charge is 0.0585 e. The van der Waals surface area contributed by atoms with E-state index in [1.54, 1.807) is 0 Å². The van der Waals surface area contributed by atoms with Gasteiger partial charge in [-0.25, -0.2) is 0 Å². The maximum Gasteiger partial charge on any atom is 0.0585 e. The molecule has 0 bridgehead atoms. The molecule has 0 aromatic carbocycles. The Labute approximate surface area is 114 Å². The normalized spacial score (nSPS) is 13.8. The summed E-state index contributed by atoms with van der Waals surface area (Å²) >= 11 is 0. The van der Waals surface area contributed by atoms with Gasteiger partial charge in [0.25, 0.3) is 0 Å². The second kappa shape index (κ2) is 10.8. The zero-order valence-electron chi connectivity index (χ0n) is 13.1. The van der Waals surface area contributed by atoms with Gasteiger partial charge in [0.1, 0.15) is 0 Å². The summed E-state index contributed by atoms with van der Waals surface area (Å²) in [4.78, 5) is 2.53. The van der Waals surface area contributed by atoms with Gasteiger partial charge in [-0.05, 0) is 37.8 Å². The highest BCUT2D eigenvalue weighted by Gasteiger charge is 2.12. The molecule has 0 aromatic rings. The molecule has 0 spiro atoms. The summed E-state index contributed by atoms with van der Waals surface area (Å²) in [6.45, 7) is 15.9. The fourth-order valence-corrected chi connectivity index (χ4v) is 2.23. The van der Waals surface area contributed by atoms with Crippen LogP contribution in [0.4, 0.5) is 0 Å². The molecule has 110 valence electrons. The molecule has 0 rings (SSSR count). The lowest BCUT2D eigenvalue weighted by Crippen LogP contribution is -2.39. The fourth-order valence-electron chi connectivity index (χ4n) is 2.23. The van der Waals surface area contributed by atoms with Gasteiger partial charge in [-0.1, -0.05) is 34.6 Å².